The van der Waals surface area contributed by atoms with Crippen molar-refractivity contribution < 1.29 is 4.79 Å². The van der Waals surface area contributed by atoms with Crippen LogP contribution in [0.5, 0.6) is 0 Å². The maximum atomic E-state index is 12.8. The van der Waals surface area contributed by atoms with Crippen molar-refractivity contribution in [2.24, 2.45) is 5.73 Å². The van der Waals surface area contributed by atoms with Crippen molar-refractivity contribution >= 4 is 36.4 Å². The monoisotopic (exact) mass is 373 g/mol. The maximum absolute atomic E-state index is 12.8. The van der Waals surface area contributed by atoms with Crippen LogP contribution in [0.2, 0.25) is 0 Å². The van der Waals surface area contributed by atoms with Crippen LogP contribution >= 0.6 is 24.8 Å². The van der Waals surface area contributed by atoms with Crippen LogP contribution in [0.1, 0.15) is 54.4 Å². The minimum atomic E-state index is 0. The van der Waals surface area contributed by atoms with Crippen molar-refractivity contribution in [3.05, 3.63) is 29.3 Å². The second-order valence-electron chi connectivity index (χ2n) is 6.80. The number of carbonyl (C=O) groups is 1. The van der Waals surface area contributed by atoms with E-state index in [2.05, 4.69) is 22.3 Å². The van der Waals surface area contributed by atoms with Gasteiger partial charge in [0.1, 0.15) is 0 Å². The van der Waals surface area contributed by atoms with Crippen molar-refractivity contribution in [3.8, 4) is 0 Å². The number of hydrogen-bond acceptors (Lipinski definition) is 3. The number of aryl methyl sites for hydroxylation is 1. The molecule has 1 amide bonds. The summed E-state index contributed by atoms with van der Waals surface area (Å²) in [6.07, 6.45) is 6.45. The molecule has 4 nitrogen and oxygen atoms in total. The molecule has 1 saturated heterocycles. The third kappa shape index (κ3) is 5.01. The van der Waals surface area contributed by atoms with Crippen LogP contribution in [0, 0.1) is 6.92 Å². The topological polar surface area (TPSA) is 58.4 Å². The van der Waals surface area contributed by atoms with Crippen LogP contribution in [0.3, 0.4) is 0 Å². The Morgan fingerprint density at radius 1 is 1.12 bits per heavy atom. The minimum Gasteiger partial charge on any atom is -0.371 e. The number of nitrogens with zero attached hydrogens (tertiary/aromatic N) is 1. The Hall–Kier alpha value is -0.970. The van der Waals surface area contributed by atoms with Crippen LogP contribution in [0.15, 0.2) is 18.2 Å². The third-order valence-electron chi connectivity index (χ3n) is 4.95. The van der Waals surface area contributed by atoms with Crippen molar-refractivity contribution in [2.75, 3.05) is 18.0 Å². The fraction of sp³-hybridized carbons (Fsp3) is 0.611. The van der Waals surface area contributed by atoms with Gasteiger partial charge in [-0.1, -0.05) is 11.6 Å². The van der Waals surface area contributed by atoms with E-state index < -0.39 is 0 Å². The molecule has 6 heteroatoms. The predicted octanol–water partition coefficient (Wildman–Crippen LogP) is 3.44. The highest BCUT2D eigenvalue weighted by Crippen LogP contribution is 2.26. The first kappa shape index (κ1) is 21.1. The van der Waals surface area contributed by atoms with E-state index in [1.54, 1.807) is 0 Å². The molecule has 3 N–H and O–H groups in total. The molecular weight excluding hydrogens is 345 g/mol. The van der Waals surface area contributed by atoms with E-state index in [0.29, 0.717) is 6.04 Å². The molecule has 24 heavy (non-hydrogen) atoms. The summed E-state index contributed by atoms with van der Waals surface area (Å²) in [5.74, 6) is 0.0751. The van der Waals surface area contributed by atoms with Gasteiger partial charge in [0, 0.05) is 30.9 Å². The molecule has 3 rings (SSSR count). The van der Waals surface area contributed by atoms with Crippen molar-refractivity contribution in [2.45, 2.75) is 57.5 Å². The van der Waals surface area contributed by atoms with Crippen molar-refractivity contribution in [3.63, 3.8) is 0 Å². The zero-order valence-corrected chi connectivity index (χ0v) is 15.9. The number of anilines is 1. The van der Waals surface area contributed by atoms with Gasteiger partial charge in [-0.05, 0) is 57.6 Å². The Morgan fingerprint density at radius 2 is 1.75 bits per heavy atom. The maximum Gasteiger partial charge on any atom is 0.253 e. The van der Waals surface area contributed by atoms with E-state index in [0.717, 1.165) is 55.6 Å². The summed E-state index contributed by atoms with van der Waals surface area (Å²) in [6, 6.07) is 6.82. The molecule has 2 fully saturated rings. The second kappa shape index (κ2) is 9.50. The lowest BCUT2D eigenvalue weighted by Gasteiger charge is -2.28. The Balaban J connectivity index is 0.00000144. The zero-order valence-electron chi connectivity index (χ0n) is 14.3. The number of halogens is 2. The standard InChI is InChI=1S/C18H27N3O.2ClH/c1-13-4-9-17(21-10-2-3-11-21)16(12-13)18(22)20-15-7-5-14(19)6-8-15;;/h4,9,12,14-15H,2-3,5-8,10-11,19H2,1H3,(H,20,22);2*1H. The largest absolute Gasteiger partial charge is 0.371 e. The Bertz CT molecular complexity index is 539. The van der Waals surface area contributed by atoms with E-state index >= 15 is 0 Å². The predicted molar refractivity (Wildman–Crippen MR) is 105 cm³/mol. The number of carbonyl (C=O) groups excluding carboxylic acids is 1. The van der Waals surface area contributed by atoms with Gasteiger partial charge in [0.15, 0.2) is 0 Å². The summed E-state index contributed by atoms with van der Waals surface area (Å²) in [6.45, 7) is 4.16. The Labute approximate surface area is 157 Å². The summed E-state index contributed by atoms with van der Waals surface area (Å²) in [5, 5.41) is 3.23. The molecule has 1 aliphatic carbocycles. The average Bonchev–Trinajstić information content (AvgIpc) is 3.03. The van der Waals surface area contributed by atoms with Gasteiger partial charge in [-0.2, -0.15) is 0 Å². The van der Waals surface area contributed by atoms with Crippen molar-refractivity contribution in [1.82, 2.24) is 5.32 Å². The number of rotatable bonds is 3. The average molecular weight is 374 g/mol. The third-order valence-corrected chi connectivity index (χ3v) is 4.95. The van der Waals surface area contributed by atoms with E-state index in [1.165, 1.54) is 12.8 Å². The minimum absolute atomic E-state index is 0. The lowest BCUT2D eigenvalue weighted by Crippen LogP contribution is -2.41. The molecule has 1 aromatic rings. The summed E-state index contributed by atoms with van der Waals surface area (Å²) < 4.78 is 0. The fourth-order valence-corrected chi connectivity index (χ4v) is 3.59. The summed E-state index contributed by atoms with van der Waals surface area (Å²) in [4.78, 5) is 15.1. The molecule has 1 heterocycles. The molecule has 0 spiro atoms. The molecule has 0 aromatic heterocycles. The summed E-state index contributed by atoms with van der Waals surface area (Å²) in [5.41, 5.74) is 9.01. The molecule has 136 valence electrons. The molecule has 0 bridgehead atoms. The fourth-order valence-electron chi connectivity index (χ4n) is 3.59. The first-order chi connectivity index (χ1) is 10.6. The first-order valence-corrected chi connectivity index (χ1v) is 8.55. The smallest absolute Gasteiger partial charge is 0.253 e. The Morgan fingerprint density at radius 3 is 2.38 bits per heavy atom. The van der Waals surface area contributed by atoms with Crippen LogP contribution in [0.25, 0.3) is 0 Å². The van der Waals surface area contributed by atoms with E-state index in [9.17, 15) is 4.79 Å². The van der Waals surface area contributed by atoms with Gasteiger partial charge in [0.25, 0.3) is 5.91 Å². The van der Waals surface area contributed by atoms with Crippen LogP contribution in [-0.4, -0.2) is 31.1 Å². The van der Waals surface area contributed by atoms with Gasteiger partial charge in [-0.25, -0.2) is 0 Å². The molecule has 1 aliphatic heterocycles. The highest BCUT2D eigenvalue weighted by atomic mass is 35.5. The van der Waals surface area contributed by atoms with Crippen molar-refractivity contribution in [1.29, 1.82) is 0 Å². The van der Waals surface area contributed by atoms with Gasteiger partial charge in [0.2, 0.25) is 0 Å². The van der Waals surface area contributed by atoms with E-state index in [4.69, 9.17) is 5.73 Å². The Kier molecular flexibility index (Phi) is 8.34. The molecule has 0 unspecified atom stereocenters. The lowest BCUT2D eigenvalue weighted by molar-refractivity contribution is 0.0926. The SMILES string of the molecule is Cc1ccc(N2CCCC2)c(C(=O)NC2CCC(N)CC2)c1.Cl.Cl. The number of hydrogen-bond donors (Lipinski definition) is 2. The van der Waals surface area contributed by atoms with Gasteiger partial charge < -0.3 is 16.0 Å². The van der Waals surface area contributed by atoms with E-state index in [-0.39, 0.29) is 36.8 Å². The van der Waals surface area contributed by atoms with Crippen LogP contribution in [0.4, 0.5) is 5.69 Å². The summed E-state index contributed by atoms with van der Waals surface area (Å²) >= 11 is 0. The van der Waals surface area contributed by atoms with Crippen LogP contribution < -0.4 is 16.0 Å². The first-order valence-electron chi connectivity index (χ1n) is 8.55. The van der Waals surface area contributed by atoms with Gasteiger partial charge in [-0.15, -0.1) is 24.8 Å². The van der Waals surface area contributed by atoms with E-state index in [1.807, 2.05) is 13.0 Å². The summed E-state index contributed by atoms with van der Waals surface area (Å²) in [7, 11) is 0. The molecule has 0 atom stereocenters. The molecule has 1 saturated carbocycles. The molecular formula is C18H29Cl2N3O. The zero-order chi connectivity index (χ0) is 15.5. The van der Waals surface area contributed by atoms with Gasteiger partial charge in [0.05, 0.1) is 5.56 Å². The van der Waals surface area contributed by atoms with Crippen LogP contribution in [-0.2, 0) is 0 Å². The molecule has 0 radical (unpaired) electrons. The number of amides is 1. The number of benzene rings is 1. The second-order valence-corrected chi connectivity index (χ2v) is 6.80. The highest BCUT2D eigenvalue weighted by molar-refractivity contribution is 6.00. The highest BCUT2D eigenvalue weighted by Gasteiger charge is 2.24. The van der Waals surface area contributed by atoms with Gasteiger partial charge in [-0.3, -0.25) is 4.79 Å². The molecule has 2 aliphatic rings. The van der Waals surface area contributed by atoms with Gasteiger partial charge >= 0.3 is 0 Å². The lowest BCUT2D eigenvalue weighted by atomic mass is 9.91. The normalized spacial score (nSPS) is 23.2. The quantitative estimate of drug-likeness (QED) is 0.852. The number of nitrogens with one attached hydrogen (secondary N) is 1. The number of nitrogens with two attached hydrogens (primary N) is 1. The molecule has 1 aromatic carbocycles.